The first kappa shape index (κ1) is 20.9. The molecule has 1 saturated heterocycles. The van der Waals surface area contributed by atoms with Gasteiger partial charge in [-0.3, -0.25) is 4.79 Å². The third-order valence-corrected chi connectivity index (χ3v) is 5.47. The van der Waals surface area contributed by atoms with Crippen LogP contribution in [0.2, 0.25) is 0 Å². The van der Waals surface area contributed by atoms with E-state index in [1.165, 1.54) is 4.90 Å². The van der Waals surface area contributed by atoms with Crippen molar-refractivity contribution in [2.75, 3.05) is 25.0 Å². The Morgan fingerprint density at radius 2 is 1.90 bits per heavy atom. The number of aromatic carboxylic acids is 1. The maximum absolute atomic E-state index is 15.7. The largest absolute Gasteiger partial charge is 0.477 e. The molecule has 0 bridgehead atoms. The van der Waals surface area contributed by atoms with E-state index >= 15 is 4.39 Å². The maximum Gasteiger partial charge on any atom is 0.341 e. The Morgan fingerprint density at radius 1 is 1.16 bits per heavy atom. The molecule has 0 spiro atoms. The van der Waals surface area contributed by atoms with Gasteiger partial charge >= 0.3 is 5.97 Å². The number of likely N-dealkylation sites (N-methyl/N-ethyl adjacent to an activating group) is 1. The molecule has 10 heteroatoms. The first-order chi connectivity index (χ1) is 14.7. The summed E-state index contributed by atoms with van der Waals surface area (Å²) in [6, 6.07) is 3.19. The van der Waals surface area contributed by atoms with E-state index in [2.05, 4.69) is 5.32 Å². The van der Waals surface area contributed by atoms with E-state index in [4.69, 9.17) is 0 Å². The van der Waals surface area contributed by atoms with Crippen molar-refractivity contribution in [3.8, 4) is 5.69 Å². The number of halogens is 4. The molecule has 0 aliphatic carbocycles. The highest BCUT2D eigenvalue weighted by atomic mass is 19.1. The number of carboxylic acids is 1. The van der Waals surface area contributed by atoms with E-state index < -0.39 is 56.8 Å². The number of nitrogens with one attached hydrogen (secondary N) is 1. The zero-order chi connectivity index (χ0) is 22.4. The van der Waals surface area contributed by atoms with Gasteiger partial charge in [-0.15, -0.1) is 0 Å². The normalized spacial score (nSPS) is 16.3. The van der Waals surface area contributed by atoms with E-state index in [1.807, 2.05) is 0 Å². The van der Waals surface area contributed by atoms with Crippen LogP contribution in [-0.4, -0.2) is 41.8 Å². The predicted octanol–water partition coefficient (Wildman–Crippen LogP) is 3.04. The topological polar surface area (TPSA) is 74.6 Å². The minimum atomic E-state index is -1.65. The Kier molecular flexibility index (Phi) is 5.18. The predicted molar refractivity (Wildman–Crippen MR) is 106 cm³/mol. The van der Waals surface area contributed by atoms with Crippen LogP contribution in [0.4, 0.5) is 23.2 Å². The van der Waals surface area contributed by atoms with Gasteiger partial charge in [0.05, 0.1) is 16.6 Å². The molecule has 0 radical (unpaired) electrons. The van der Waals surface area contributed by atoms with Crippen LogP contribution >= 0.6 is 0 Å². The number of aromatic nitrogens is 1. The van der Waals surface area contributed by atoms with Crippen LogP contribution in [0.3, 0.4) is 0 Å². The molecule has 3 aromatic rings. The number of nitrogens with zero attached hydrogens (tertiary/aromatic N) is 2. The Morgan fingerprint density at radius 3 is 2.52 bits per heavy atom. The highest BCUT2D eigenvalue weighted by molar-refractivity contribution is 5.94. The van der Waals surface area contributed by atoms with Crippen LogP contribution in [0, 0.1) is 23.3 Å². The lowest BCUT2D eigenvalue weighted by Crippen LogP contribution is -2.30. The van der Waals surface area contributed by atoms with Crippen molar-refractivity contribution < 1.29 is 27.5 Å². The molecule has 2 aromatic carbocycles. The minimum absolute atomic E-state index is 0.000573. The number of carboxylic acid groups (broad SMARTS) is 1. The second-order valence-electron chi connectivity index (χ2n) is 7.28. The van der Waals surface area contributed by atoms with Crippen LogP contribution in [0.25, 0.3) is 16.6 Å². The van der Waals surface area contributed by atoms with Gasteiger partial charge in [-0.1, -0.05) is 0 Å². The van der Waals surface area contributed by atoms with Gasteiger partial charge in [0.1, 0.15) is 28.7 Å². The minimum Gasteiger partial charge on any atom is -0.477 e. The number of hydrogen-bond donors (Lipinski definition) is 2. The second kappa shape index (κ2) is 7.69. The Balaban J connectivity index is 2.08. The Labute approximate surface area is 173 Å². The standard InChI is InChI=1S/C21H17F4N3O3/c1-26-11-4-5-27(8-11)19-15(24)7-12-18(17(19)25)28(9-13(20(12)29)21(30)31)16-3-2-10(22)6-14(16)23/h2-3,6-7,9,11,26H,4-5,8H2,1H3,(H,30,31). The third kappa shape index (κ3) is 3.42. The van der Waals surface area contributed by atoms with E-state index in [-0.39, 0.29) is 11.7 Å². The zero-order valence-electron chi connectivity index (χ0n) is 16.3. The van der Waals surface area contributed by atoms with Gasteiger partial charge in [0, 0.05) is 31.4 Å². The van der Waals surface area contributed by atoms with Crippen LogP contribution in [0.15, 0.2) is 35.3 Å². The lowest BCUT2D eigenvalue weighted by molar-refractivity contribution is 0.0695. The summed E-state index contributed by atoms with van der Waals surface area (Å²) in [4.78, 5) is 25.6. The van der Waals surface area contributed by atoms with Crippen molar-refractivity contribution in [3.05, 3.63) is 69.5 Å². The molecule has 1 aromatic heterocycles. The summed E-state index contributed by atoms with van der Waals surface area (Å²) in [6.45, 7) is 0.644. The molecule has 1 fully saturated rings. The Bertz CT molecular complexity index is 1280. The number of fused-ring (bicyclic) bond motifs is 1. The zero-order valence-corrected chi connectivity index (χ0v) is 16.3. The average molecular weight is 435 g/mol. The van der Waals surface area contributed by atoms with Crippen molar-refractivity contribution in [3.63, 3.8) is 0 Å². The van der Waals surface area contributed by atoms with Crippen molar-refractivity contribution in [2.24, 2.45) is 0 Å². The number of carbonyl (C=O) groups is 1. The van der Waals surface area contributed by atoms with Crippen molar-refractivity contribution in [2.45, 2.75) is 12.5 Å². The fourth-order valence-corrected chi connectivity index (χ4v) is 3.91. The maximum atomic E-state index is 15.7. The number of pyridine rings is 1. The molecular weight excluding hydrogens is 418 g/mol. The monoisotopic (exact) mass is 435 g/mol. The summed E-state index contributed by atoms with van der Waals surface area (Å²) in [5.74, 6) is -5.82. The molecule has 0 saturated carbocycles. The molecule has 2 heterocycles. The smallest absolute Gasteiger partial charge is 0.341 e. The Hall–Kier alpha value is -3.40. The summed E-state index contributed by atoms with van der Waals surface area (Å²) >= 11 is 0. The number of anilines is 1. The summed E-state index contributed by atoms with van der Waals surface area (Å²) in [7, 11) is 1.73. The first-order valence-corrected chi connectivity index (χ1v) is 9.41. The van der Waals surface area contributed by atoms with Gasteiger partial charge in [-0.2, -0.15) is 0 Å². The number of benzene rings is 2. The van der Waals surface area contributed by atoms with Gasteiger partial charge in [0.15, 0.2) is 5.82 Å². The van der Waals surface area contributed by atoms with Gasteiger partial charge in [0.25, 0.3) is 0 Å². The third-order valence-electron chi connectivity index (χ3n) is 5.47. The molecule has 4 rings (SSSR count). The van der Waals surface area contributed by atoms with Gasteiger partial charge in [-0.05, 0) is 31.7 Å². The lowest BCUT2D eigenvalue weighted by atomic mass is 10.1. The van der Waals surface area contributed by atoms with Gasteiger partial charge < -0.3 is 19.9 Å². The lowest BCUT2D eigenvalue weighted by Gasteiger charge is -2.22. The fourth-order valence-electron chi connectivity index (χ4n) is 3.91. The molecular formula is C21H17F4N3O3. The fraction of sp³-hybridized carbons (Fsp3) is 0.238. The van der Waals surface area contributed by atoms with Crippen molar-refractivity contribution >= 4 is 22.6 Å². The van der Waals surface area contributed by atoms with Gasteiger partial charge in [0.2, 0.25) is 5.43 Å². The summed E-state index contributed by atoms with van der Waals surface area (Å²) in [5.41, 5.74) is -3.20. The van der Waals surface area contributed by atoms with Crippen LogP contribution in [-0.2, 0) is 0 Å². The highest BCUT2D eigenvalue weighted by Gasteiger charge is 2.30. The second-order valence-corrected chi connectivity index (χ2v) is 7.28. The van der Waals surface area contributed by atoms with E-state index in [0.717, 1.165) is 29.0 Å². The number of hydrogen-bond acceptors (Lipinski definition) is 4. The molecule has 1 aliphatic rings. The SMILES string of the molecule is CNC1CCN(c2c(F)cc3c(=O)c(C(=O)O)cn(-c4ccc(F)cc4F)c3c2F)C1. The molecule has 2 N–H and O–H groups in total. The van der Waals surface area contributed by atoms with Crippen LogP contribution in [0.5, 0.6) is 0 Å². The highest BCUT2D eigenvalue weighted by Crippen LogP contribution is 2.33. The quantitative estimate of drug-likeness (QED) is 0.617. The molecule has 1 aliphatic heterocycles. The van der Waals surface area contributed by atoms with Crippen molar-refractivity contribution in [1.29, 1.82) is 0 Å². The molecule has 0 amide bonds. The van der Waals surface area contributed by atoms with E-state index in [0.29, 0.717) is 25.6 Å². The summed E-state index contributed by atoms with van der Waals surface area (Å²) in [6.07, 6.45) is 1.39. The molecule has 1 unspecified atom stereocenters. The number of rotatable bonds is 4. The summed E-state index contributed by atoms with van der Waals surface area (Å²) < 4.78 is 59.3. The molecule has 1 atom stereocenters. The van der Waals surface area contributed by atoms with Crippen LogP contribution in [0.1, 0.15) is 16.8 Å². The molecule has 162 valence electrons. The summed E-state index contributed by atoms with van der Waals surface area (Å²) in [5, 5.41) is 11.8. The molecule has 6 nitrogen and oxygen atoms in total. The van der Waals surface area contributed by atoms with Gasteiger partial charge in [-0.25, -0.2) is 22.4 Å². The first-order valence-electron chi connectivity index (χ1n) is 9.41. The van der Waals surface area contributed by atoms with Crippen LogP contribution < -0.4 is 15.6 Å². The van der Waals surface area contributed by atoms with E-state index in [1.54, 1.807) is 7.05 Å². The average Bonchev–Trinajstić information content (AvgIpc) is 3.17. The van der Waals surface area contributed by atoms with E-state index in [9.17, 15) is 27.9 Å². The van der Waals surface area contributed by atoms with Crippen molar-refractivity contribution in [1.82, 2.24) is 9.88 Å². The molecule has 31 heavy (non-hydrogen) atoms.